The zero-order valence-corrected chi connectivity index (χ0v) is 18.5. The van der Waals surface area contributed by atoms with E-state index in [0.29, 0.717) is 28.4 Å². The number of amides is 1. The molecule has 2 aromatic carbocycles. The van der Waals surface area contributed by atoms with Gasteiger partial charge in [-0.2, -0.15) is 0 Å². The summed E-state index contributed by atoms with van der Waals surface area (Å²) in [6, 6.07) is 16.8. The fourth-order valence-electron chi connectivity index (χ4n) is 3.19. The Bertz CT molecular complexity index is 1320. The van der Waals surface area contributed by atoms with Gasteiger partial charge >= 0.3 is 0 Å². The number of fused-ring (bicyclic) bond motifs is 1. The lowest BCUT2D eigenvalue weighted by molar-refractivity contribution is -0.127. The molecule has 0 atom stereocenters. The Balaban J connectivity index is 1.61. The molecule has 32 heavy (non-hydrogen) atoms. The molecule has 0 aliphatic carbocycles. The Morgan fingerprint density at radius 3 is 2.56 bits per heavy atom. The predicted molar refractivity (Wildman–Crippen MR) is 123 cm³/mol. The monoisotopic (exact) mass is 448 g/mol. The zero-order chi connectivity index (χ0) is 22.7. The third kappa shape index (κ3) is 4.70. The Hall–Kier alpha value is -3.52. The van der Waals surface area contributed by atoms with Gasteiger partial charge in [-0.15, -0.1) is 0 Å². The number of carbonyl (C=O) groups excluding carboxylic acids is 1. The number of thioether (sulfide) groups is 1. The van der Waals surface area contributed by atoms with Crippen molar-refractivity contribution in [1.82, 2.24) is 19.4 Å². The summed E-state index contributed by atoms with van der Waals surface area (Å²) < 4.78 is 14.6. The van der Waals surface area contributed by atoms with Gasteiger partial charge < -0.3 is 4.90 Å². The Labute approximate surface area is 188 Å². The highest BCUT2D eigenvalue weighted by atomic mass is 32.2. The molecule has 0 spiro atoms. The molecule has 0 radical (unpaired) electrons. The van der Waals surface area contributed by atoms with Crippen LogP contribution in [-0.4, -0.2) is 38.1 Å². The normalized spacial score (nSPS) is 11.0. The van der Waals surface area contributed by atoms with E-state index in [-0.39, 0.29) is 23.0 Å². The highest BCUT2D eigenvalue weighted by Crippen LogP contribution is 2.21. The van der Waals surface area contributed by atoms with Crippen molar-refractivity contribution in [3.63, 3.8) is 0 Å². The Morgan fingerprint density at radius 1 is 1.09 bits per heavy atom. The highest BCUT2D eigenvalue weighted by Gasteiger charge is 2.17. The first-order chi connectivity index (χ1) is 15.4. The van der Waals surface area contributed by atoms with Crippen LogP contribution >= 0.6 is 11.8 Å². The first kappa shape index (κ1) is 21.7. The number of aromatic nitrogens is 3. The van der Waals surface area contributed by atoms with Gasteiger partial charge in [-0.05, 0) is 48.4 Å². The van der Waals surface area contributed by atoms with Gasteiger partial charge in [0.2, 0.25) is 5.91 Å². The molecule has 0 aliphatic heterocycles. The smallest absolute Gasteiger partial charge is 0.267 e. The lowest BCUT2D eigenvalue weighted by atomic mass is 10.2. The van der Waals surface area contributed by atoms with Crippen LogP contribution in [0.1, 0.15) is 11.1 Å². The van der Waals surface area contributed by atoms with Gasteiger partial charge in [0.15, 0.2) is 5.16 Å². The van der Waals surface area contributed by atoms with Gasteiger partial charge in [-0.25, -0.2) is 18.9 Å². The Kier molecular flexibility index (Phi) is 6.32. The van der Waals surface area contributed by atoms with E-state index in [9.17, 15) is 14.0 Å². The maximum Gasteiger partial charge on any atom is 0.267 e. The first-order valence-electron chi connectivity index (χ1n) is 9.98. The SMILES string of the molecule is Cc1ccc(-n2c(SCC(=O)N(C)Cc3ccc(F)cc3)nc3ccccc3c2=O)nc1. The second-order valence-corrected chi connectivity index (χ2v) is 8.35. The summed E-state index contributed by atoms with van der Waals surface area (Å²) in [5.41, 5.74) is 2.14. The van der Waals surface area contributed by atoms with Crippen molar-refractivity contribution < 1.29 is 9.18 Å². The number of benzene rings is 2. The molecule has 0 N–H and O–H groups in total. The van der Waals surface area contributed by atoms with Crippen LogP contribution in [0.4, 0.5) is 4.39 Å². The van der Waals surface area contributed by atoms with Crippen molar-refractivity contribution in [3.8, 4) is 5.82 Å². The van der Waals surface area contributed by atoms with Gasteiger partial charge in [0, 0.05) is 19.8 Å². The minimum Gasteiger partial charge on any atom is -0.341 e. The van der Waals surface area contributed by atoms with Crippen LogP contribution in [-0.2, 0) is 11.3 Å². The summed E-state index contributed by atoms with van der Waals surface area (Å²) in [6.45, 7) is 2.28. The van der Waals surface area contributed by atoms with Crippen molar-refractivity contribution in [2.45, 2.75) is 18.6 Å². The zero-order valence-electron chi connectivity index (χ0n) is 17.7. The fourth-order valence-corrected chi connectivity index (χ4v) is 4.13. The van der Waals surface area contributed by atoms with Gasteiger partial charge in [-0.1, -0.05) is 42.1 Å². The Morgan fingerprint density at radius 2 is 1.84 bits per heavy atom. The number of rotatable bonds is 6. The maximum atomic E-state index is 13.2. The van der Waals surface area contributed by atoms with Crippen LogP contribution in [0.3, 0.4) is 0 Å². The minimum absolute atomic E-state index is 0.0916. The lowest BCUT2D eigenvalue weighted by Gasteiger charge is -2.18. The van der Waals surface area contributed by atoms with E-state index >= 15 is 0 Å². The number of nitrogens with zero attached hydrogens (tertiary/aromatic N) is 4. The van der Waals surface area contributed by atoms with E-state index in [4.69, 9.17) is 0 Å². The number of aryl methyl sites for hydroxylation is 1. The molecule has 8 heteroatoms. The minimum atomic E-state index is -0.316. The summed E-state index contributed by atoms with van der Waals surface area (Å²) in [4.78, 5) is 36.5. The molecule has 4 rings (SSSR count). The first-order valence-corrected chi connectivity index (χ1v) is 11.0. The molecule has 0 fully saturated rings. The second kappa shape index (κ2) is 9.32. The van der Waals surface area contributed by atoms with Crippen LogP contribution in [0.25, 0.3) is 16.7 Å². The van der Waals surface area contributed by atoms with E-state index in [1.165, 1.54) is 28.5 Å². The molecule has 1 amide bonds. The van der Waals surface area contributed by atoms with Gasteiger partial charge in [0.25, 0.3) is 5.56 Å². The van der Waals surface area contributed by atoms with Gasteiger partial charge in [0.1, 0.15) is 11.6 Å². The van der Waals surface area contributed by atoms with Crippen molar-refractivity contribution >= 4 is 28.6 Å². The average Bonchev–Trinajstić information content (AvgIpc) is 2.80. The van der Waals surface area contributed by atoms with Crippen LogP contribution < -0.4 is 5.56 Å². The van der Waals surface area contributed by atoms with Crippen LogP contribution in [0.15, 0.2) is 76.8 Å². The van der Waals surface area contributed by atoms with Gasteiger partial charge in [0.05, 0.1) is 16.7 Å². The predicted octanol–water partition coefficient (Wildman–Crippen LogP) is 3.98. The summed E-state index contributed by atoms with van der Waals surface area (Å²) >= 11 is 1.19. The molecule has 6 nitrogen and oxygen atoms in total. The van der Waals surface area contributed by atoms with E-state index in [1.807, 2.05) is 19.1 Å². The number of pyridine rings is 1. The third-order valence-corrected chi connectivity index (χ3v) is 5.88. The summed E-state index contributed by atoms with van der Waals surface area (Å²) in [5, 5.41) is 0.882. The number of halogens is 1. The molecule has 0 unspecified atom stereocenters. The summed E-state index contributed by atoms with van der Waals surface area (Å²) in [7, 11) is 1.69. The van der Waals surface area contributed by atoms with E-state index < -0.39 is 0 Å². The number of hydrogen-bond donors (Lipinski definition) is 0. The van der Waals surface area contributed by atoms with Crippen LogP contribution in [0.5, 0.6) is 0 Å². The van der Waals surface area contributed by atoms with Crippen molar-refractivity contribution in [3.05, 3.63) is 94.2 Å². The number of para-hydroxylation sites is 1. The topological polar surface area (TPSA) is 68.1 Å². The van der Waals surface area contributed by atoms with Gasteiger partial charge in [-0.3, -0.25) is 9.59 Å². The van der Waals surface area contributed by atoms with E-state index in [0.717, 1.165) is 11.1 Å². The molecule has 4 aromatic rings. The average molecular weight is 449 g/mol. The van der Waals surface area contributed by atoms with Crippen LogP contribution in [0, 0.1) is 12.7 Å². The highest BCUT2D eigenvalue weighted by molar-refractivity contribution is 7.99. The largest absolute Gasteiger partial charge is 0.341 e. The molecule has 0 saturated carbocycles. The standard InChI is InChI=1S/C24H21FN4O2S/c1-16-7-12-21(26-13-16)29-23(31)19-5-3-4-6-20(19)27-24(29)32-15-22(30)28(2)14-17-8-10-18(25)11-9-17/h3-13H,14-15H2,1-2H3. The molecular formula is C24H21FN4O2S. The van der Waals surface area contributed by atoms with E-state index in [1.54, 1.807) is 54.5 Å². The van der Waals surface area contributed by atoms with Crippen molar-refractivity contribution in [2.75, 3.05) is 12.8 Å². The molecule has 2 aromatic heterocycles. The van der Waals surface area contributed by atoms with E-state index in [2.05, 4.69) is 9.97 Å². The fraction of sp³-hybridized carbons (Fsp3) is 0.167. The van der Waals surface area contributed by atoms with Crippen LogP contribution in [0.2, 0.25) is 0 Å². The molecule has 0 aliphatic rings. The molecule has 0 bridgehead atoms. The molecule has 2 heterocycles. The molecular weight excluding hydrogens is 427 g/mol. The molecule has 162 valence electrons. The van der Waals surface area contributed by atoms with Crippen molar-refractivity contribution in [2.24, 2.45) is 0 Å². The van der Waals surface area contributed by atoms with Crippen molar-refractivity contribution in [1.29, 1.82) is 0 Å². The lowest BCUT2D eigenvalue weighted by Crippen LogP contribution is -2.28. The quantitative estimate of drug-likeness (QED) is 0.330. The molecule has 0 saturated heterocycles. The number of carbonyl (C=O) groups is 1. The second-order valence-electron chi connectivity index (χ2n) is 7.41. The third-order valence-electron chi connectivity index (χ3n) is 4.95. The maximum absolute atomic E-state index is 13.2. The number of hydrogen-bond acceptors (Lipinski definition) is 5. The summed E-state index contributed by atoms with van der Waals surface area (Å²) in [5.74, 6) is 0.0934. The summed E-state index contributed by atoms with van der Waals surface area (Å²) in [6.07, 6.45) is 1.69.